The van der Waals surface area contributed by atoms with Crippen molar-refractivity contribution in [3.63, 3.8) is 0 Å². The van der Waals surface area contributed by atoms with Gasteiger partial charge < -0.3 is 44.8 Å². The van der Waals surface area contributed by atoms with Crippen molar-refractivity contribution in [1.29, 1.82) is 0 Å². The normalized spacial score (nSPS) is 42.9. The van der Waals surface area contributed by atoms with Gasteiger partial charge in [0.05, 0.1) is 25.0 Å². The Balaban J connectivity index is 2.11. The SMILES string of the molecule is NNC(=O)CC1O[C@H](O[C@H]2OC(CC(=O)NN)[C@@H](O)C(O)C2O)C(O)C(O)[C@@H]1O. The summed E-state index contributed by atoms with van der Waals surface area (Å²) >= 11 is 0. The van der Waals surface area contributed by atoms with Crippen LogP contribution < -0.4 is 22.5 Å². The quantitative estimate of drug-likeness (QED) is 0.108. The van der Waals surface area contributed by atoms with Crippen molar-refractivity contribution in [1.82, 2.24) is 10.9 Å². The van der Waals surface area contributed by atoms with Gasteiger partial charge in [-0.3, -0.25) is 20.4 Å². The van der Waals surface area contributed by atoms with E-state index in [1.807, 2.05) is 10.9 Å². The molecule has 0 aromatic carbocycles. The first-order valence-corrected chi connectivity index (χ1v) is 8.64. The molecule has 2 saturated heterocycles. The van der Waals surface area contributed by atoms with Crippen LogP contribution in [0.2, 0.25) is 0 Å². The predicted octanol–water partition coefficient (Wildman–Crippen LogP) is -6.62. The number of hydrazine groups is 2. The lowest BCUT2D eigenvalue weighted by molar-refractivity contribution is -0.373. The van der Waals surface area contributed by atoms with E-state index in [1.165, 1.54) is 0 Å². The van der Waals surface area contributed by atoms with Crippen LogP contribution in [-0.4, -0.2) is 104 Å². The number of hydrogen-bond donors (Lipinski definition) is 10. The summed E-state index contributed by atoms with van der Waals surface area (Å²) in [4.78, 5) is 22.9. The zero-order chi connectivity index (χ0) is 21.9. The zero-order valence-electron chi connectivity index (χ0n) is 15.1. The monoisotopic (exact) mass is 426 g/mol. The van der Waals surface area contributed by atoms with Crippen molar-refractivity contribution in [3.05, 3.63) is 0 Å². The van der Waals surface area contributed by atoms with Crippen LogP contribution in [-0.2, 0) is 23.8 Å². The highest BCUT2D eigenvalue weighted by atomic mass is 16.8. The predicted molar refractivity (Wildman–Crippen MR) is 88.3 cm³/mol. The topological polar surface area (TPSA) is 259 Å². The van der Waals surface area contributed by atoms with Gasteiger partial charge >= 0.3 is 0 Å². The summed E-state index contributed by atoms with van der Waals surface area (Å²) in [6, 6.07) is 0. The smallest absolute Gasteiger partial charge is 0.236 e. The summed E-state index contributed by atoms with van der Waals surface area (Å²) in [6.07, 6.45) is -17.6. The molecule has 6 unspecified atom stereocenters. The molecule has 168 valence electrons. The molecule has 2 aliphatic rings. The highest BCUT2D eigenvalue weighted by molar-refractivity contribution is 5.76. The van der Waals surface area contributed by atoms with Crippen LogP contribution in [0, 0.1) is 0 Å². The van der Waals surface area contributed by atoms with Gasteiger partial charge in [-0.05, 0) is 0 Å². The number of nitrogens with one attached hydrogen (secondary N) is 2. The van der Waals surface area contributed by atoms with E-state index in [4.69, 9.17) is 25.9 Å². The summed E-state index contributed by atoms with van der Waals surface area (Å²) in [5.41, 5.74) is 3.63. The molecule has 0 bridgehead atoms. The van der Waals surface area contributed by atoms with E-state index in [0.717, 1.165) is 0 Å². The van der Waals surface area contributed by atoms with Crippen molar-refractivity contribution < 1.29 is 54.4 Å². The van der Waals surface area contributed by atoms with Crippen molar-refractivity contribution >= 4 is 11.8 Å². The summed E-state index contributed by atoms with van der Waals surface area (Å²) in [5, 5.41) is 60.0. The Morgan fingerprint density at radius 3 is 1.34 bits per heavy atom. The van der Waals surface area contributed by atoms with E-state index in [-0.39, 0.29) is 0 Å². The van der Waals surface area contributed by atoms with Crippen LogP contribution in [0.3, 0.4) is 0 Å². The Morgan fingerprint density at radius 2 is 1.03 bits per heavy atom. The van der Waals surface area contributed by atoms with Crippen LogP contribution >= 0.6 is 0 Å². The molecule has 0 aromatic heterocycles. The van der Waals surface area contributed by atoms with E-state index in [1.54, 1.807) is 0 Å². The standard InChI is InChI=1S/C14H26N4O11/c15-17-5(19)1-3-7(21)9(23)11(25)13(27-3)29-14-12(26)10(24)8(22)4(28-14)2-6(20)18-16/h3-4,7-14,21-26H,1-2,15-16H2,(H,17,19)(H,18,20)/t3?,4?,7-,8-,9?,10?,11?,12?,13-,14-/m1/s1. The second-order valence-corrected chi connectivity index (χ2v) is 6.71. The third-order valence-corrected chi connectivity index (χ3v) is 4.70. The molecule has 2 heterocycles. The molecule has 0 saturated carbocycles. The number of amides is 2. The van der Waals surface area contributed by atoms with Gasteiger partial charge in [-0.15, -0.1) is 0 Å². The van der Waals surface area contributed by atoms with Crippen LogP contribution in [0.5, 0.6) is 0 Å². The summed E-state index contributed by atoms with van der Waals surface area (Å²) < 4.78 is 15.8. The lowest BCUT2D eigenvalue weighted by atomic mass is 9.95. The van der Waals surface area contributed by atoms with Crippen LogP contribution in [0.1, 0.15) is 12.8 Å². The number of rotatable bonds is 6. The molecule has 10 atom stereocenters. The molecule has 0 spiro atoms. The lowest BCUT2D eigenvalue weighted by Crippen LogP contribution is -2.63. The van der Waals surface area contributed by atoms with Gasteiger partial charge in [0, 0.05) is 0 Å². The Bertz CT molecular complexity index is 536. The van der Waals surface area contributed by atoms with Crippen LogP contribution in [0.4, 0.5) is 0 Å². The van der Waals surface area contributed by atoms with Crippen LogP contribution in [0.15, 0.2) is 0 Å². The molecule has 2 fully saturated rings. The first-order valence-electron chi connectivity index (χ1n) is 8.64. The molecule has 2 amide bonds. The van der Waals surface area contributed by atoms with Gasteiger partial charge in [0.15, 0.2) is 12.6 Å². The second kappa shape index (κ2) is 10.0. The molecular formula is C14H26N4O11. The summed E-state index contributed by atoms with van der Waals surface area (Å²) in [6.45, 7) is 0. The van der Waals surface area contributed by atoms with Gasteiger partial charge in [-0.2, -0.15) is 0 Å². The molecule has 29 heavy (non-hydrogen) atoms. The van der Waals surface area contributed by atoms with Crippen molar-refractivity contribution in [3.8, 4) is 0 Å². The first kappa shape index (κ1) is 23.8. The number of hydrogen-bond acceptors (Lipinski definition) is 13. The minimum Gasteiger partial charge on any atom is -0.388 e. The zero-order valence-corrected chi connectivity index (χ0v) is 15.1. The lowest BCUT2D eigenvalue weighted by Gasteiger charge is -2.44. The van der Waals surface area contributed by atoms with Crippen molar-refractivity contribution in [2.75, 3.05) is 0 Å². The van der Waals surface area contributed by atoms with E-state index in [0.29, 0.717) is 0 Å². The Hall–Kier alpha value is -1.50. The Morgan fingerprint density at radius 1 is 0.690 bits per heavy atom. The van der Waals surface area contributed by atoms with E-state index < -0.39 is 86.1 Å². The fraction of sp³-hybridized carbons (Fsp3) is 0.857. The maximum absolute atomic E-state index is 11.4. The molecule has 0 radical (unpaired) electrons. The third kappa shape index (κ3) is 5.36. The molecule has 2 aliphatic heterocycles. The minimum atomic E-state index is -1.83. The second-order valence-electron chi connectivity index (χ2n) is 6.71. The molecule has 0 aromatic rings. The number of carbonyl (C=O) groups is 2. The van der Waals surface area contributed by atoms with Gasteiger partial charge in [-0.1, -0.05) is 0 Å². The van der Waals surface area contributed by atoms with Gasteiger partial charge in [0.2, 0.25) is 11.8 Å². The Kier molecular flexibility index (Phi) is 8.20. The fourth-order valence-corrected chi connectivity index (χ4v) is 3.01. The third-order valence-electron chi connectivity index (χ3n) is 4.70. The molecule has 15 heteroatoms. The van der Waals surface area contributed by atoms with E-state index in [2.05, 4.69) is 0 Å². The number of aliphatic hydroxyl groups is 6. The molecular weight excluding hydrogens is 400 g/mol. The van der Waals surface area contributed by atoms with Gasteiger partial charge in [0.25, 0.3) is 0 Å². The average molecular weight is 426 g/mol. The molecule has 2 rings (SSSR count). The minimum absolute atomic E-state index is 0.490. The highest BCUT2D eigenvalue weighted by Crippen LogP contribution is 2.29. The molecule has 12 N–H and O–H groups in total. The number of ether oxygens (including phenoxy) is 3. The summed E-state index contributed by atoms with van der Waals surface area (Å²) in [7, 11) is 0. The van der Waals surface area contributed by atoms with Crippen molar-refractivity contribution in [2.45, 2.75) is 74.3 Å². The maximum atomic E-state index is 11.4. The summed E-state index contributed by atoms with van der Waals surface area (Å²) in [5.74, 6) is 8.46. The van der Waals surface area contributed by atoms with Gasteiger partial charge in [-0.25, -0.2) is 11.7 Å². The largest absolute Gasteiger partial charge is 0.388 e. The van der Waals surface area contributed by atoms with Gasteiger partial charge in [0.1, 0.15) is 36.6 Å². The van der Waals surface area contributed by atoms with E-state index >= 15 is 0 Å². The number of aliphatic hydroxyl groups excluding tert-OH is 6. The molecule has 0 aliphatic carbocycles. The number of carbonyl (C=O) groups excluding carboxylic acids is 2. The van der Waals surface area contributed by atoms with E-state index in [9.17, 15) is 40.2 Å². The Labute approximate surface area is 164 Å². The van der Waals surface area contributed by atoms with Crippen LogP contribution in [0.25, 0.3) is 0 Å². The fourth-order valence-electron chi connectivity index (χ4n) is 3.01. The number of nitrogens with two attached hydrogens (primary N) is 2. The highest BCUT2D eigenvalue weighted by Gasteiger charge is 2.50. The maximum Gasteiger partial charge on any atom is 0.236 e. The van der Waals surface area contributed by atoms with Crippen molar-refractivity contribution in [2.24, 2.45) is 11.7 Å². The molecule has 15 nitrogen and oxygen atoms in total. The first-order chi connectivity index (χ1) is 13.6. The average Bonchev–Trinajstić information content (AvgIpc) is 2.71.